The fourth-order valence-corrected chi connectivity index (χ4v) is 2.00. The first-order valence-corrected chi connectivity index (χ1v) is 5.32. The molecule has 1 N–H and O–H groups in total. The highest BCUT2D eigenvalue weighted by Gasteiger charge is 2.10. The van der Waals surface area contributed by atoms with E-state index < -0.39 is 6.10 Å². The van der Waals surface area contributed by atoms with Crippen molar-refractivity contribution in [3.05, 3.63) is 20.2 Å². The highest BCUT2D eigenvalue weighted by molar-refractivity contribution is 7.09. The Morgan fingerprint density at radius 2 is 2.23 bits per heavy atom. The van der Waals surface area contributed by atoms with E-state index in [1.807, 2.05) is 13.8 Å². The van der Waals surface area contributed by atoms with Crippen LogP contribution >= 0.6 is 22.9 Å². The van der Waals surface area contributed by atoms with Crippen LogP contribution in [0.3, 0.4) is 0 Å². The van der Waals surface area contributed by atoms with Crippen molar-refractivity contribution in [1.29, 1.82) is 0 Å². The van der Waals surface area contributed by atoms with Crippen LogP contribution in [0.1, 0.15) is 10.6 Å². The fourth-order valence-electron chi connectivity index (χ4n) is 1.06. The minimum absolute atomic E-state index is 0.0285. The molecule has 5 heteroatoms. The highest BCUT2D eigenvalue weighted by atomic mass is 35.5. The summed E-state index contributed by atoms with van der Waals surface area (Å²) in [5.74, 6) is 0.154. The summed E-state index contributed by atoms with van der Waals surface area (Å²) >= 11 is 6.65. The van der Waals surface area contributed by atoms with Crippen LogP contribution in [0.15, 0.2) is 4.79 Å². The van der Waals surface area contributed by atoms with Gasteiger partial charge in [-0.3, -0.25) is 4.79 Å². The number of hydrogen-bond acceptors (Lipinski definition) is 3. The van der Waals surface area contributed by atoms with Crippen LogP contribution in [0.2, 0.25) is 0 Å². The second kappa shape index (κ2) is 4.26. The average molecular weight is 222 g/mol. The molecule has 1 unspecified atom stereocenters. The average Bonchev–Trinajstić information content (AvgIpc) is 2.32. The van der Waals surface area contributed by atoms with Gasteiger partial charge in [0.15, 0.2) is 0 Å². The quantitative estimate of drug-likeness (QED) is 0.778. The maximum atomic E-state index is 11.3. The van der Waals surface area contributed by atoms with Gasteiger partial charge in [-0.1, -0.05) is 11.3 Å². The molecule has 0 aliphatic carbocycles. The van der Waals surface area contributed by atoms with Gasteiger partial charge in [0.2, 0.25) is 0 Å². The summed E-state index contributed by atoms with van der Waals surface area (Å²) in [6.45, 7) is 4.05. The lowest BCUT2D eigenvalue weighted by Crippen LogP contribution is -2.24. The van der Waals surface area contributed by atoms with Crippen molar-refractivity contribution >= 4 is 22.9 Å². The largest absolute Gasteiger partial charge is 0.390 e. The first kappa shape index (κ1) is 10.8. The molecule has 0 aliphatic heterocycles. The normalized spacial score (nSPS) is 13.2. The molecule has 1 atom stereocenters. The Hall–Kier alpha value is -0.320. The Kier molecular flexibility index (Phi) is 3.53. The second-order valence-electron chi connectivity index (χ2n) is 2.93. The van der Waals surface area contributed by atoms with Gasteiger partial charge in [0.25, 0.3) is 0 Å². The SMILES string of the molecule is Cc1sc(=O)n(CC(O)CCl)c1C. The third kappa shape index (κ3) is 2.33. The number of nitrogens with zero attached hydrogens (tertiary/aromatic N) is 1. The minimum atomic E-state index is -0.646. The molecule has 13 heavy (non-hydrogen) atoms. The second-order valence-corrected chi connectivity index (χ2v) is 4.40. The first-order valence-electron chi connectivity index (χ1n) is 3.97. The fraction of sp³-hybridized carbons (Fsp3) is 0.625. The third-order valence-corrected chi connectivity index (χ3v) is 3.30. The number of aromatic nitrogens is 1. The maximum Gasteiger partial charge on any atom is 0.307 e. The molecule has 0 aliphatic rings. The summed E-state index contributed by atoms with van der Waals surface area (Å²) in [5.41, 5.74) is 0.916. The van der Waals surface area contributed by atoms with Crippen LogP contribution in [0.4, 0.5) is 0 Å². The summed E-state index contributed by atoms with van der Waals surface area (Å²) in [6.07, 6.45) is -0.646. The van der Waals surface area contributed by atoms with E-state index >= 15 is 0 Å². The molecule has 0 saturated heterocycles. The van der Waals surface area contributed by atoms with Gasteiger partial charge >= 0.3 is 4.87 Å². The number of aliphatic hydroxyl groups excluding tert-OH is 1. The van der Waals surface area contributed by atoms with Crippen molar-refractivity contribution in [3.63, 3.8) is 0 Å². The molecular formula is C8H12ClNO2S. The van der Waals surface area contributed by atoms with Gasteiger partial charge in [-0.05, 0) is 13.8 Å². The molecule has 0 fully saturated rings. The number of aryl methyl sites for hydroxylation is 1. The zero-order valence-corrected chi connectivity index (χ0v) is 9.15. The summed E-state index contributed by atoms with van der Waals surface area (Å²) in [4.78, 5) is 12.3. The van der Waals surface area contributed by atoms with E-state index in [9.17, 15) is 9.90 Å². The topological polar surface area (TPSA) is 42.2 Å². The van der Waals surface area contributed by atoms with Crippen molar-refractivity contribution in [2.75, 3.05) is 5.88 Å². The minimum Gasteiger partial charge on any atom is -0.390 e. The molecule has 0 saturated carbocycles. The molecule has 3 nitrogen and oxygen atoms in total. The molecule has 0 radical (unpaired) electrons. The number of halogens is 1. The van der Waals surface area contributed by atoms with Crippen LogP contribution in [-0.2, 0) is 6.54 Å². The van der Waals surface area contributed by atoms with Crippen molar-refractivity contribution < 1.29 is 5.11 Å². The lowest BCUT2D eigenvalue weighted by Gasteiger charge is -2.08. The van der Waals surface area contributed by atoms with Gasteiger partial charge in [-0.25, -0.2) is 0 Å². The standard InChI is InChI=1S/C8H12ClNO2S/c1-5-6(2)13-8(12)10(5)4-7(11)3-9/h7,11H,3-4H2,1-2H3. The van der Waals surface area contributed by atoms with Crippen LogP contribution in [-0.4, -0.2) is 21.7 Å². The number of hydrogen-bond donors (Lipinski definition) is 1. The zero-order chi connectivity index (χ0) is 10.0. The van der Waals surface area contributed by atoms with E-state index in [2.05, 4.69) is 0 Å². The third-order valence-electron chi connectivity index (χ3n) is 1.95. The molecule has 0 amide bonds. The molecule has 74 valence electrons. The summed E-state index contributed by atoms with van der Waals surface area (Å²) < 4.78 is 1.56. The molecule has 0 bridgehead atoms. The van der Waals surface area contributed by atoms with Crippen molar-refractivity contribution in [1.82, 2.24) is 4.57 Å². The van der Waals surface area contributed by atoms with E-state index in [-0.39, 0.29) is 10.8 Å². The monoisotopic (exact) mass is 221 g/mol. The predicted octanol–water partition coefficient (Wildman–Crippen LogP) is 1.13. The Morgan fingerprint density at radius 1 is 1.62 bits per heavy atom. The van der Waals surface area contributed by atoms with Gasteiger partial charge in [-0.15, -0.1) is 11.6 Å². The number of thiazole rings is 1. The smallest absolute Gasteiger partial charge is 0.307 e. The zero-order valence-electron chi connectivity index (χ0n) is 7.58. The lowest BCUT2D eigenvalue weighted by atomic mass is 10.3. The molecule has 1 heterocycles. The van der Waals surface area contributed by atoms with Gasteiger partial charge in [0.05, 0.1) is 18.5 Å². The van der Waals surface area contributed by atoms with E-state index in [1.54, 1.807) is 4.57 Å². The highest BCUT2D eigenvalue weighted by Crippen LogP contribution is 2.09. The van der Waals surface area contributed by atoms with Crippen molar-refractivity contribution in [2.24, 2.45) is 0 Å². The van der Waals surface area contributed by atoms with Crippen LogP contribution in [0.5, 0.6) is 0 Å². The Bertz CT molecular complexity index is 344. The molecule has 1 aromatic heterocycles. The Morgan fingerprint density at radius 3 is 2.62 bits per heavy atom. The maximum absolute atomic E-state index is 11.3. The first-order chi connectivity index (χ1) is 6.06. The molecule has 0 spiro atoms. The predicted molar refractivity (Wildman–Crippen MR) is 54.8 cm³/mol. The van der Waals surface area contributed by atoms with Crippen molar-refractivity contribution in [2.45, 2.75) is 26.5 Å². The number of rotatable bonds is 3. The van der Waals surface area contributed by atoms with E-state index in [4.69, 9.17) is 11.6 Å². The Labute approximate surface area is 85.6 Å². The van der Waals surface area contributed by atoms with Crippen LogP contribution in [0.25, 0.3) is 0 Å². The molecule has 0 aromatic carbocycles. The lowest BCUT2D eigenvalue weighted by molar-refractivity contribution is 0.175. The van der Waals surface area contributed by atoms with Gasteiger partial charge < -0.3 is 9.67 Å². The molecular weight excluding hydrogens is 210 g/mol. The molecule has 1 rings (SSSR count). The summed E-state index contributed by atoms with van der Waals surface area (Å²) in [7, 11) is 0. The van der Waals surface area contributed by atoms with Crippen LogP contribution < -0.4 is 4.87 Å². The molecule has 1 aromatic rings. The number of alkyl halides is 1. The van der Waals surface area contributed by atoms with Crippen molar-refractivity contribution in [3.8, 4) is 0 Å². The summed E-state index contributed by atoms with van der Waals surface area (Å²) in [6, 6.07) is 0. The van der Waals surface area contributed by atoms with Crippen LogP contribution in [0, 0.1) is 13.8 Å². The number of aliphatic hydroxyl groups is 1. The Balaban J connectivity index is 2.94. The summed E-state index contributed by atoms with van der Waals surface area (Å²) in [5, 5.41) is 9.28. The van der Waals surface area contributed by atoms with Gasteiger partial charge in [-0.2, -0.15) is 0 Å². The van der Waals surface area contributed by atoms with E-state index in [1.165, 1.54) is 11.3 Å². The van der Waals surface area contributed by atoms with Gasteiger partial charge in [0, 0.05) is 10.6 Å². The van der Waals surface area contributed by atoms with E-state index in [0.29, 0.717) is 6.54 Å². The van der Waals surface area contributed by atoms with Gasteiger partial charge in [0.1, 0.15) is 0 Å². The van der Waals surface area contributed by atoms with E-state index in [0.717, 1.165) is 10.6 Å².